The summed E-state index contributed by atoms with van der Waals surface area (Å²) in [5.41, 5.74) is 4.01. The topological polar surface area (TPSA) is 208 Å². The van der Waals surface area contributed by atoms with E-state index < -0.39 is 95.2 Å². The molecule has 57 heavy (non-hydrogen) atoms. The molecular formula is C40H55FN6O10. The number of fused-ring (bicyclic) bond motifs is 1. The van der Waals surface area contributed by atoms with Crippen LogP contribution in [0.25, 0.3) is 11.4 Å². The van der Waals surface area contributed by atoms with Crippen molar-refractivity contribution in [1.29, 1.82) is 0 Å². The Bertz CT molecular complexity index is 1870. The molecular weight excluding hydrogens is 743 g/mol. The van der Waals surface area contributed by atoms with Crippen molar-refractivity contribution in [3.8, 4) is 23.2 Å². The van der Waals surface area contributed by atoms with Crippen LogP contribution in [0.4, 0.5) is 9.18 Å². The minimum absolute atomic E-state index is 0.0541. The van der Waals surface area contributed by atoms with E-state index in [2.05, 4.69) is 27.1 Å². The number of methoxy groups -OCH3 is 1. The Balaban J connectivity index is 1.46. The first-order valence-electron chi connectivity index (χ1n) is 19.4. The lowest BCUT2D eigenvalue weighted by molar-refractivity contribution is -0.288. The molecule has 0 aromatic carbocycles. The second-order valence-electron chi connectivity index (χ2n) is 16.0. The predicted octanol–water partition coefficient (Wildman–Crippen LogP) is 3.08. The van der Waals surface area contributed by atoms with Crippen LogP contribution in [0.1, 0.15) is 74.7 Å². The number of aliphatic hydroxyl groups is 1. The van der Waals surface area contributed by atoms with Crippen molar-refractivity contribution in [1.82, 2.24) is 24.9 Å². The molecule has 1 amide bonds. The third-order valence-corrected chi connectivity index (χ3v) is 11.7. The number of hydrogen-bond donors (Lipinski definition) is 2. The van der Waals surface area contributed by atoms with Crippen LogP contribution in [-0.2, 0) is 44.6 Å². The molecule has 0 radical (unpaired) electrons. The van der Waals surface area contributed by atoms with Gasteiger partial charge in [0, 0.05) is 43.2 Å². The molecule has 0 bridgehead atoms. The van der Waals surface area contributed by atoms with Gasteiger partial charge >= 0.3 is 12.1 Å². The average Bonchev–Trinajstić information content (AvgIpc) is 3.75. The SMILES string of the molecule is CC[C@H]1OC(=O)[C@H](C)C(=O)[C@H](C)[C@@H](O[C@@H]2O[C@H](C)CC(N)C2O)[C@](C)(OC)C[C@@H](C)C(=O)[C@H](C)[C@H]2N(CC#CCn3cc(-c4cc(F)ccn4)nn3)C(=O)O[C@]12C. The van der Waals surface area contributed by atoms with Crippen molar-refractivity contribution in [2.24, 2.45) is 29.4 Å². The molecule has 3 fully saturated rings. The van der Waals surface area contributed by atoms with E-state index >= 15 is 0 Å². The van der Waals surface area contributed by atoms with Crippen molar-refractivity contribution < 1.29 is 52.4 Å². The molecule has 5 rings (SSSR count). The number of Topliss-reactive ketones (excluding diaryl/α,β-unsaturated/α-hetero) is 2. The quantitative estimate of drug-likeness (QED) is 0.235. The largest absolute Gasteiger partial charge is 0.458 e. The van der Waals surface area contributed by atoms with Gasteiger partial charge in [0.25, 0.3) is 0 Å². The lowest BCUT2D eigenvalue weighted by atomic mass is 9.73. The number of ketones is 2. The van der Waals surface area contributed by atoms with Crippen LogP contribution in [-0.4, -0.2) is 121 Å². The molecule has 2 unspecified atom stereocenters. The number of aromatic nitrogens is 4. The van der Waals surface area contributed by atoms with Gasteiger partial charge in [-0.1, -0.05) is 44.7 Å². The summed E-state index contributed by atoms with van der Waals surface area (Å²) < 4.78 is 45.7. The van der Waals surface area contributed by atoms with Gasteiger partial charge in [0.15, 0.2) is 17.7 Å². The van der Waals surface area contributed by atoms with E-state index in [-0.39, 0.29) is 37.8 Å². The van der Waals surface area contributed by atoms with Crippen LogP contribution in [0.15, 0.2) is 24.5 Å². The van der Waals surface area contributed by atoms with Gasteiger partial charge in [-0.2, -0.15) is 0 Å². The predicted molar refractivity (Wildman–Crippen MR) is 201 cm³/mol. The number of pyridine rings is 1. The van der Waals surface area contributed by atoms with Crippen molar-refractivity contribution in [3.63, 3.8) is 0 Å². The molecule has 17 heteroatoms. The highest BCUT2D eigenvalue weighted by Gasteiger charge is 2.60. The zero-order valence-corrected chi connectivity index (χ0v) is 34.0. The van der Waals surface area contributed by atoms with Gasteiger partial charge in [0.2, 0.25) is 0 Å². The molecule has 3 aliphatic heterocycles. The van der Waals surface area contributed by atoms with Gasteiger partial charge < -0.3 is 34.5 Å². The summed E-state index contributed by atoms with van der Waals surface area (Å²) in [6, 6.07) is 0.853. The fraction of sp³-hybridized carbons (Fsp3) is 0.675. The van der Waals surface area contributed by atoms with Gasteiger partial charge in [-0.25, -0.2) is 13.9 Å². The van der Waals surface area contributed by atoms with Gasteiger partial charge in [0.05, 0.1) is 42.3 Å². The van der Waals surface area contributed by atoms with E-state index in [1.807, 2.05) is 0 Å². The maximum atomic E-state index is 14.6. The van der Waals surface area contributed by atoms with Crippen LogP contribution >= 0.6 is 0 Å². The molecule has 16 nitrogen and oxygen atoms in total. The van der Waals surface area contributed by atoms with Crippen molar-refractivity contribution in [2.45, 2.75) is 135 Å². The smallest absolute Gasteiger partial charge is 0.411 e. The molecule has 5 heterocycles. The number of aliphatic hydroxyl groups excluding tert-OH is 1. The first kappa shape index (κ1) is 43.8. The third-order valence-electron chi connectivity index (χ3n) is 11.7. The summed E-state index contributed by atoms with van der Waals surface area (Å²) in [5.74, 6) is -0.0377. The van der Waals surface area contributed by atoms with Crippen LogP contribution < -0.4 is 5.73 Å². The van der Waals surface area contributed by atoms with Crippen LogP contribution in [0.2, 0.25) is 0 Å². The molecule has 0 spiro atoms. The molecule has 0 saturated carbocycles. The van der Waals surface area contributed by atoms with Crippen molar-refractivity contribution >= 4 is 23.6 Å². The normalized spacial score (nSPS) is 36.8. The first-order valence-corrected chi connectivity index (χ1v) is 19.4. The number of carbonyl (C=O) groups is 4. The number of amides is 1. The van der Waals surface area contributed by atoms with Crippen LogP contribution in [0.3, 0.4) is 0 Å². The lowest BCUT2D eigenvalue weighted by Gasteiger charge is -2.46. The first-order chi connectivity index (χ1) is 26.8. The average molecular weight is 799 g/mol. The monoisotopic (exact) mass is 798 g/mol. The second-order valence-corrected chi connectivity index (χ2v) is 16.0. The minimum atomic E-state index is -1.52. The maximum absolute atomic E-state index is 14.6. The number of nitrogens with zero attached hydrogens (tertiary/aromatic N) is 5. The molecule has 312 valence electrons. The zero-order chi connectivity index (χ0) is 42.0. The molecule has 3 aliphatic rings. The number of nitrogens with two attached hydrogens (primary N) is 1. The van der Waals surface area contributed by atoms with E-state index in [4.69, 9.17) is 29.4 Å². The molecule has 0 aliphatic carbocycles. The summed E-state index contributed by atoms with van der Waals surface area (Å²) in [6.07, 6.45) is -2.19. The Morgan fingerprint density at radius 3 is 2.42 bits per heavy atom. The van der Waals surface area contributed by atoms with E-state index in [1.165, 1.54) is 41.9 Å². The fourth-order valence-electron chi connectivity index (χ4n) is 8.50. The highest BCUT2D eigenvalue weighted by atomic mass is 19.1. The van der Waals surface area contributed by atoms with E-state index in [1.54, 1.807) is 54.7 Å². The summed E-state index contributed by atoms with van der Waals surface area (Å²) >= 11 is 0. The molecule has 3 saturated heterocycles. The number of halogens is 1. The number of rotatable bonds is 7. The highest BCUT2D eigenvalue weighted by Crippen LogP contribution is 2.42. The highest BCUT2D eigenvalue weighted by molar-refractivity contribution is 6.00. The minimum Gasteiger partial charge on any atom is -0.458 e. The fourth-order valence-corrected chi connectivity index (χ4v) is 8.50. The van der Waals surface area contributed by atoms with Gasteiger partial charge in [0.1, 0.15) is 42.0 Å². The van der Waals surface area contributed by atoms with Crippen molar-refractivity contribution in [2.75, 3.05) is 13.7 Å². The zero-order valence-electron chi connectivity index (χ0n) is 34.0. The number of ether oxygens (including phenoxy) is 5. The van der Waals surface area contributed by atoms with Gasteiger partial charge in [-0.3, -0.25) is 24.3 Å². The van der Waals surface area contributed by atoms with Crippen LogP contribution in [0.5, 0.6) is 0 Å². The summed E-state index contributed by atoms with van der Waals surface area (Å²) in [4.78, 5) is 61.8. The lowest BCUT2D eigenvalue weighted by Crippen LogP contribution is -2.60. The second kappa shape index (κ2) is 17.7. The maximum Gasteiger partial charge on any atom is 0.411 e. The number of esters is 1. The molecule has 2 aromatic heterocycles. The Morgan fingerprint density at radius 1 is 1.05 bits per heavy atom. The van der Waals surface area contributed by atoms with Crippen molar-refractivity contribution in [3.05, 3.63) is 30.3 Å². The van der Waals surface area contributed by atoms with Gasteiger partial charge in [-0.15, -0.1) is 5.10 Å². The summed E-state index contributed by atoms with van der Waals surface area (Å²) in [6.45, 7) is 13.3. The Morgan fingerprint density at radius 2 is 1.75 bits per heavy atom. The third kappa shape index (κ3) is 9.05. The van der Waals surface area contributed by atoms with E-state index in [0.717, 1.165) is 0 Å². The Kier molecular flexibility index (Phi) is 13.6. The number of carbonyl (C=O) groups excluding carboxylic acids is 4. The Hall–Kier alpha value is -4.34. The van der Waals surface area contributed by atoms with Crippen LogP contribution in [0, 0.1) is 41.3 Å². The number of cyclic esters (lactones) is 1. The van der Waals surface area contributed by atoms with Gasteiger partial charge in [-0.05, 0) is 53.0 Å². The number of hydrogen-bond acceptors (Lipinski definition) is 14. The standard InChI is InChI=1S/C40H55FN6O10/c1-10-30-40(8)34(47(38(52)57-40)16-12-11-15-46-20-29(44-45-46)28-18-26(41)13-14-43-28)23(4)31(48)21(2)19-39(7,53-9)35(24(5)32(49)25(6)36(51)55-30)56-37-33(50)27(42)17-22(3)54-37/h13-14,18,20-25,27,30,33-35,37,50H,10,15-17,19,42H2,1-9H3/t21-,22-,23+,24+,25-,27?,30-,33?,34-,35-,37+,39-,40-/m1/s1. The van der Waals surface area contributed by atoms with E-state index in [0.29, 0.717) is 17.8 Å². The molecule has 2 aromatic rings. The summed E-state index contributed by atoms with van der Waals surface area (Å²) in [5, 5.41) is 19.0. The Labute approximate surface area is 332 Å². The van der Waals surface area contributed by atoms with E-state index in [9.17, 15) is 28.7 Å². The molecule has 13 atom stereocenters. The molecule has 3 N–H and O–H groups in total. The summed E-state index contributed by atoms with van der Waals surface area (Å²) in [7, 11) is 1.44.